The molecule has 0 saturated heterocycles. The summed E-state index contributed by atoms with van der Waals surface area (Å²) >= 11 is 1.36. The molecule has 2 heterocycles. The number of thioether (sulfide) groups is 1. The third-order valence-corrected chi connectivity index (χ3v) is 5.95. The lowest BCUT2D eigenvalue weighted by molar-refractivity contribution is -0.116. The van der Waals surface area contributed by atoms with Gasteiger partial charge in [-0.3, -0.25) is 9.59 Å². The van der Waals surface area contributed by atoms with E-state index in [-0.39, 0.29) is 29.3 Å². The van der Waals surface area contributed by atoms with Crippen LogP contribution < -0.4 is 10.9 Å². The lowest BCUT2D eigenvalue weighted by atomic mass is 9.86. The van der Waals surface area contributed by atoms with E-state index in [4.69, 9.17) is 0 Å². The van der Waals surface area contributed by atoms with E-state index in [1.165, 1.54) is 11.8 Å². The zero-order chi connectivity index (χ0) is 20.5. The Morgan fingerprint density at radius 3 is 2.69 bits per heavy atom. The second-order valence-electron chi connectivity index (χ2n) is 6.77. The number of amides is 1. The molecule has 0 saturated carbocycles. The molecule has 0 bridgehead atoms. The highest BCUT2D eigenvalue weighted by Crippen LogP contribution is 2.37. The number of fused-ring (bicyclic) bond motifs is 1. The quantitative estimate of drug-likeness (QED) is 0.522. The standard InChI is InChI=1S/C21H17F2N3O2S/c1-26-19-18(20(28)25-21(26)29-11-12-5-3-2-4-6-12)15(10-17(27)24-19)14-9-13(22)7-8-16(14)23/h2-9,15H,10-11H2,1H3,(H,24,27)/t15-/m1/s1. The first-order valence-corrected chi connectivity index (χ1v) is 9.95. The van der Waals surface area contributed by atoms with Crippen molar-refractivity contribution in [2.24, 2.45) is 7.05 Å². The summed E-state index contributed by atoms with van der Waals surface area (Å²) in [5, 5.41) is 3.12. The predicted molar refractivity (Wildman–Crippen MR) is 107 cm³/mol. The molecule has 8 heteroatoms. The van der Waals surface area contributed by atoms with Gasteiger partial charge in [0.2, 0.25) is 5.91 Å². The number of rotatable bonds is 4. The van der Waals surface area contributed by atoms with Gasteiger partial charge in [0.1, 0.15) is 17.5 Å². The van der Waals surface area contributed by atoms with Crippen molar-refractivity contribution in [2.45, 2.75) is 23.2 Å². The number of hydrogen-bond donors (Lipinski definition) is 1. The minimum Gasteiger partial charge on any atom is -0.312 e. The highest BCUT2D eigenvalue weighted by molar-refractivity contribution is 7.98. The van der Waals surface area contributed by atoms with Crippen molar-refractivity contribution in [1.29, 1.82) is 0 Å². The van der Waals surface area contributed by atoms with E-state index in [1.54, 1.807) is 11.6 Å². The second kappa shape index (κ2) is 7.79. The van der Waals surface area contributed by atoms with Crippen molar-refractivity contribution in [3.05, 3.63) is 87.2 Å². The summed E-state index contributed by atoms with van der Waals surface area (Å²) in [4.78, 5) is 29.3. The van der Waals surface area contributed by atoms with Crippen molar-refractivity contribution >= 4 is 23.5 Å². The maximum Gasteiger partial charge on any atom is 0.279 e. The van der Waals surface area contributed by atoms with E-state index in [0.29, 0.717) is 10.9 Å². The first-order valence-electron chi connectivity index (χ1n) is 8.96. The smallest absolute Gasteiger partial charge is 0.279 e. The molecule has 148 valence electrons. The van der Waals surface area contributed by atoms with Crippen molar-refractivity contribution in [3.8, 4) is 0 Å². The number of anilines is 1. The van der Waals surface area contributed by atoms with Crippen molar-refractivity contribution in [3.63, 3.8) is 0 Å². The number of nitrogens with one attached hydrogen (secondary N) is 1. The summed E-state index contributed by atoms with van der Waals surface area (Å²) in [6.45, 7) is 0. The van der Waals surface area contributed by atoms with Crippen LogP contribution >= 0.6 is 11.8 Å². The van der Waals surface area contributed by atoms with Gasteiger partial charge in [-0.05, 0) is 29.3 Å². The Morgan fingerprint density at radius 1 is 1.17 bits per heavy atom. The van der Waals surface area contributed by atoms with E-state index in [1.807, 2.05) is 30.3 Å². The third-order valence-electron chi connectivity index (χ3n) is 4.85. The van der Waals surface area contributed by atoms with Crippen molar-refractivity contribution in [2.75, 3.05) is 5.32 Å². The zero-order valence-electron chi connectivity index (χ0n) is 15.5. The molecule has 1 atom stereocenters. The Hall–Kier alpha value is -3.00. The summed E-state index contributed by atoms with van der Waals surface area (Å²) in [7, 11) is 1.68. The molecular formula is C21H17F2N3O2S. The Kier molecular flexibility index (Phi) is 5.19. The average molecular weight is 413 g/mol. The molecule has 0 spiro atoms. The minimum atomic E-state index is -0.895. The SMILES string of the molecule is Cn1c(SCc2ccccc2)nc(=O)c2c1NC(=O)C[C@@H]2c1cc(F)ccc1F. The monoisotopic (exact) mass is 413 g/mol. The van der Waals surface area contributed by atoms with Gasteiger partial charge in [0.05, 0.1) is 5.56 Å². The van der Waals surface area contributed by atoms with Crippen molar-refractivity contribution in [1.82, 2.24) is 9.55 Å². The van der Waals surface area contributed by atoms with Crippen LogP contribution in [0.4, 0.5) is 14.6 Å². The van der Waals surface area contributed by atoms with Gasteiger partial charge in [-0.1, -0.05) is 42.1 Å². The molecule has 29 heavy (non-hydrogen) atoms. The van der Waals surface area contributed by atoms with Gasteiger partial charge >= 0.3 is 0 Å². The molecule has 5 nitrogen and oxygen atoms in total. The molecule has 0 unspecified atom stereocenters. The molecule has 1 aromatic heterocycles. The summed E-state index contributed by atoms with van der Waals surface area (Å²) in [5.74, 6) is -1.70. The molecule has 3 aromatic rings. The maximum atomic E-state index is 14.4. The Balaban J connectivity index is 1.76. The molecule has 1 aliphatic rings. The molecule has 1 aliphatic heterocycles. The maximum absolute atomic E-state index is 14.4. The summed E-state index contributed by atoms with van der Waals surface area (Å²) < 4.78 is 29.7. The van der Waals surface area contributed by atoms with Gasteiger partial charge in [-0.2, -0.15) is 4.98 Å². The highest BCUT2D eigenvalue weighted by Gasteiger charge is 2.33. The molecule has 4 rings (SSSR count). The van der Waals surface area contributed by atoms with Crippen LogP contribution in [0, 0.1) is 11.6 Å². The Morgan fingerprint density at radius 2 is 1.93 bits per heavy atom. The Labute approximate surface area is 169 Å². The molecular weight excluding hydrogens is 396 g/mol. The lowest BCUT2D eigenvalue weighted by Crippen LogP contribution is -2.33. The summed E-state index contributed by atoms with van der Waals surface area (Å²) in [6, 6.07) is 12.7. The van der Waals surface area contributed by atoms with E-state index in [9.17, 15) is 18.4 Å². The van der Waals surface area contributed by atoms with Gasteiger partial charge in [0.15, 0.2) is 5.16 Å². The number of hydrogen-bond acceptors (Lipinski definition) is 4. The van der Waals surface area contributed by atoms with E-state index >= 15 is 0 Å². The van der Waals surface area contributed by atoms with Crippen LogP contribution in [0.3, 0.4) is 0 Å². The van der Waals surface area contributed by atoms with Crippen LogP contribution in [0.5, 0.6) is 0 Å². The van der Waals surface area contributed by atoms with Gasteiger partial charge in [0, 0.05) is 25.1 Å². The topological polar surface area (TPSA) is 64.0 Å². The molecule has 1 amide bonds. The average Bonchev–Trinajstić information content (AvgIpc) is 2.71. The normalized spacial score (nSPS) is 15.7. The second-order valence-corrected chi connectivity index (χ2v) is 7.71. The number of nitrogens with zero attached hydrogens (tertiary/aromatic N) is 2. The van der Waals surface area contributed by atoms with Gasteiger partial charge < -0.3 is 9.88 Å². The number of benzene rings is 2. The fourth-order valence-corrected chi connectivity index (χ4v) is 4.35. The van der Waals surface area contributed by atoms with Crippen LogP contribution in [0.15, 0.2) is 58.5 Å². The molecule has 1 N–H and O–H groups in total. The fraction of sp³-hybridized carbons (Fsp3) is 0.190. The first kappa shape index (κ1) is 19.3. The summed E-state index contributed by atoms with van der Waals surface area (Å²) in [6.07, 6.45) is -0.152. The van der Waals surface area contributed by atoms with Crippen LogP contribution in [-0.2, 0) is 17.6 Å². The highest BCUT2D eigenvalue weighted by atomic mass is 32.2. The van der Waals surface area contributed by atoms with E-state index in [2.05, 4.69) is 10.3 Å². The number of carbonyl (C=O) groups excluding carboxylic acids is 1. The lowest BCUT2D eigenvalue weighted by Gasteiger charge is -2.27. The third kappa shape index (κ3) is 3.80. The van der Waals surface area contributed by atoms with Crippen LogP contribution in [0.1, 0.15) is 29.0 Å². The molecule has 2 aromatic carbocycles. The molecule has 0 aliphatic carbocycles. The summed E-state index contributed by atoms with van der Waals surface area (Å²) in [5.41, 5.74) is 0.654. The fourth-order valence-electron chi connectivity index (χ4n) is 3.43. The van der Waals surface area contributed by atoms with Crippen LogP contribution in [0.25, 0.3) is 0 Å². The largest absolute Gasteiger partial charge is 0.312 e. The van der Waals surface area contributed by atoms with Gasteiger partial charge in [-0.15, -0.1) is 0 Å². The van der Waals surface area contributed by atoms with E-state index < -0.39 is 23.1 Å². The zero-order valence-corrected chi connectivity index (χ0v) is 16.3. The minimum absolute atomic E-state index is 0.0234. The Bertz CT molecular complexity index is 1150. The molecule has 0 radical (unpaired) electrons. The van der Waals surface area contributed by atoms with Crippen molar-refractivity contribution < 1.29 is 13.6 Å². The van der Waals surface area contributed by atoms with Crippen LogP contribution in [0.2, 0.25) is 0 Å². The first-order chi connectivity index (χ1) is 13.9. The number of aromatic nitrogens is 2. The van der Waals surface area contributed by atoms with E-state index in [0.717, 1.165) is 23.8 Å². The predicted octanol–water partition coefficient (Wildman–Crippen LogP) is 3.82. The number of halogens is 2. The van der Waals surface area contributed by atoms with Gasteiger partial charge in [-0.25, -0.2) is 8.78 Å². The van der Waals surface area contributed by atoms with Crippen LogP contribution in [-0.4, -0.2) is 15.5 Å². The molecule has 0 fully saturated rings. The number of carbonyl (C=O) groups is 1. The van der Waals surface area contributed by atoms with Gasteiger partial charge in [0.25, 0.3) is 5.56 Å².